The second kappa shape index (κ2) is 16.0. The Hall–Kier alpha value is -9.18. The molecule has 0 saturated heterocycles. The van der Waals surface area contributed by atoms with Gasteiger partial charge in [0.05, 0.1) is 16.5 Å². The van der Waals surface area contributed by atoms with Crippen LogP contribution in [-0.2, 0) is 5.41 Å². The van der Waals surface area contributed by atoms with Crippen LogP contribution in [0.3, 0.4) is 0 Å². The second-order valence-electron chi connectivity index (χ2n) is 18.3. The van der Waals surface area contributed by atoms with Gasteiger partial charge in [0.25, 0.3) is 0 Å². The first-order valence-electron chi connectivity index (χ1n) is 24.0. The van der Waals surface area contributed by atoms with E-state index in [2.05, 4.69) is 266 Å². The fourth-order valence-corrected chi connectivity index (χ4v) is 11.5. The molecule has 0 radical (unpaired) electrons. The largest absolute Gasteiger partial charge is 0.456 e. The van der Waals surface area contributed by atoms with Crippen molar-refractivity contribution in [3.05, 3.63) is 283 Å². The number of anilines is 3. The van der Waals surface area contributed by atoms with Crippen LogP contribution in [0.2, 0.25) is 0 Å². The maximum Gasteiger partial charge on any atom is 0.137 e. The number of hydrogen-bond donors (Lipinski definition) is 0. The van der Waals surface area contributed by atoms with E-state index in [1.807, 2.05) is 0 Å². The van der Waals surface area contributed by atoms with E-state index in [9.17, 15) is 0 Å². The lowest BCUT2D eigenvalue weighted by Gasteiger charge is -2.35. The average Bonchev–Trinajstić information content (AvgIpc) is 4.10. The van der Waals surface area contributed by atoms with Gasteiger partial charge in [0, 0.05) is 27.5 Å². The molecular formula is C67H43NO2. The monoisotopic (exact) mass is 893 g/mol. The fourth-order valence-electron chi connectivity index (χ4n) is 11.5. The second-order valence-corrected chi connectivity index (χ2v) is 18.3. The molecule has 0 atom stereocenters. The van der Waals surface area contributed by atoms with E-state index < -0.39 is 5.41 Å². The quantitative estimate of drug-likeness (QED) is 0.152. The number of benzene rings is 11. The smallest absolute Gasteiger partial charge is 0.137 e. The molecule has 0 unspecified atom stereocenters. The molecular weight excluding hydrogens is 851 g/mol. The van der Waals surface area contributed by atoms with Crippen molar-refractivity contribution < 1.29 is 8.83 Å². The Kier molecular flexibility index (Phi) is 9.11. The van der Waals surface area contributed by atoms with Crippen LogP contribution in [0.25, 0.3) is 88.4 Å². The van der Waals surface area contributed by atoms with Crippen LogP contribution in [0.5, 0.6) is 0 Å². The molecule has 13 aromatic rings. The summed E-state index contributed by atoms with van der Waals surface area (Å²) in [4.78, 5) is 2.40. The summed E-state index contributed by atoms with van der Waals surface area (Å²) in [5.74, 6) is 0. The number of nitrogens with zero attached hydrogens (tertiary/aromatic N) is 1. The Morgan fingerprint density at radius 1 is 0.286 bits per heavy atom. The highest BCUT2D eigenvalue weighted by atomic mass is 16.3. The molecule has 14 rings (SSSR count). The van der Waals surface area contributed by atoms with Crippen LogP contribution in [0, 0.1) is 0 Å². The van der Waals surface area contributed by atoms with Crippen molar-refractivity contribution in [2.75, 3.05) is 4.90 Å². The van der Waals surface area contributed by atoms with Crippen molar-refractivity contribution in [2.24, 2.45) is 0 Å². The summed E-state index contributed by atoms with van der Waals surface area (Å²) in [5, 5.41) is 4.26. The molecule has 70 heavy (non-hydrogen) atoms. The van der Waals surface area contributed by atoms with Crippen molar-refractivity contribution in [3.63, 3.8) is 0 Å². The maximum absolute atomic E-state index is 6.70. The van der Waals surface area contributed by atoms with Gasteiger partial charge in [0.1, 0.15) is 22.3 Å². The van der Waals surface area contributed by atoms with Crippen LogP contribution >= 0.6 is 0 Å². The first kappa shape index (κ1) is 39.9. The minimum absolute atomic E-state index is 0.585. The van der Waals surface area contributed by atoms with Gasteiger partial charge in [-0.25, -0.2) is 0 Å². The summed E-state index contributed by atoms with van der Waals surface area (Å²) in [5.41, 5.74) is 20.3. The molecule has 1 aliphatic rings. The van der Waals surface area contributed by atoms with Crippen molar-refractivity contribution in [1.29, 1.82) is 0 Å². The normalized spacial score (nSPS) is 12.7. The van der Waals surface area contributed by atoms with Crippen molar-refractivity contribution >= 4 is 60.9 Å². The van der Waals surface area contributed by atoms with E-state index in [0.29, 0.717) is 0 Å². The molecule has 0 N–H and O–H groups in total. The van der Waals surface area contributed by atoms with Crippen LogP contribution < -0.4 is 4.90 Å². The molecule has 3 heteroatoms. The summed E-state index contributed by atoms with van der Waals surface area (Å²) in [7, 11) is 0. The molecule has 2 aromatic heterocycles. The van der Waals surface area contributed by atoms with Crippen molar-refractivity contribution in [1.82, 2.24) is 0 Å². The van der Waals surface area contributed by atoms with E-state index in [-0.39, 0.29) is 0 Å². The van der Waals surface area contributed by atoms with E-state index in [4.69, 9.17) is 8.83 Å². The highest BCUT2D eigenvalue weighted by Gasteiger charge is 2.46. The Balaban J connectivity index is 1.01. The summed E-state index contributed by atoms with van der Waals surface area (Å²) < 4.78 is 13.3. The minimum Gasteiger partial charge on any atom is -0.456 e. The third-order valence-electron chi connectivity index (χ3n) is 14.6. The van der Waals surface area contributed by atoms with Gasteiger partial charge in [-0.1, -0.05) is 194 Å². The number of rotatable bonds is 8. The molecule has 0 fully saturated rings. The lowest BCUT2D eigenvalue weighted by atomic mass is 9.67. The number of hydrogen-bond acceptors (Lipinski definition) is 3. The molecule has 0 saturated carbocycles. The van der Waals surface area contributed by atoms with Crippen LogP contribution in [0.4, 0.5) is 17.1 Å². The molecule has 0 bridgehead atoms. The highest BCUT2D eigenvalue weighted by molar-refractivity contribution is 6.16. The Labute approximate surface area is 405 Å². The molecule has 0 aliphatic heterocycles. The van der Waals surface area contributed by atoms with Gasteiger partial charge in [-0.15, -0.1) is 0 Å². The third-order valence-corrected chi connectivity index (χ3v) is 14.6. The van der Waals surface area contributed by atoms with Gasteiger partial charge in [0.2, 0.25) is 0 Å². The average molecular weight is 894 g/mol. The molecule has 0 amide bonds. The van der Waals surface area contributed by atoms with E-state index in [0.717, 1.165) is 83.2 Å². The highest BCUT2D eigenvalue weighted by Crippen LogP contribution is 2.57. The van der Waals surface area contributed by atoms with Crippen LogP contribution in [0.1, 0.15) is 22.3 Å². The van der Waals surface area contributed by atoms with Crippen LogP contribution in [-0.4, -0.2) is 0 Å². The number of fused-ring (bicyclic) bond motifs is 9. The van der Waals surface area contributed by atoms with Crippen LogP contribution in [0.15, 0.2) is 270 Å². The molecule has 3 nitrogen and oxygen atoms in total. The van der Waals surface area contributed by atoms with Crippen molar-refractivity contribution in [2.45, 2.75) is 5.41 Å². The summed E-state index contributed by atoms with van der Waals surface area (Å²) in [6.07, 6.45) is 0. The zero-order valence-electron chi connectivity index (χ0n) is 38.1. The van der Waals surface area contributed by atoms with Gasteiger partial charge in [-0.2, -0.15) is 0 Å². The summed E-state index contributed by atoms with van der Waals surface area (Å²) in [6.45, 7) is 0. The molecule has 11 aromatic carbocycles. The maximum atomic E-state index is 6.70. The minimum atomic E-state index is -0.585. The molecule has 2 heterocycles. The number of furan rings is 2. The van der Waals surface area contributed by atoms with E-state index in [1.54, 1.807) is 0 Å². The Morgan fingerprint density at radius 2 is 0.786 bits per heavy atom. The zero-order chi connectivity index (χ0) is 46.2. The first-order chi connectivity index (χ1) is 34.7. The van der Waals surface area contributed by atoms with Crippen molar-refractivity contribution in [3.8, 4) is 44.5 Å². The third kappa shape index (κ3) is 6.15. The van der Waals surface area contributed by atoms with Gasteiger partial charge in [0.15, 0.2) is 0 Å². The zero-order valence-corrected chi connectivity index (χ0v) is 38.1. The lowest BCUT2D eigenvalue weighted by molar-refractivity contribution is 0.668. The van der Waals surface area contributed by atoms with Gasteiger partial charge in [-0.3, -0.25) is 0 Å². The van der Waals surface area contributed by atoms with E-state index in [1.165, 1.54) is 44.5 Å². The summed E-state index contributed by atoms with van der Waals surface area (Å²) in [6, 6.07) is 94.3. The standard InChI is InChI=1S/C67H43NO2/c1-4-17-44(18-5-1)47-23-14-24-50(41-47)67(58-28-12-10-25-54(58)55-26-11-13-29-59(55)67)49-34-36-51(37-35-49)68(52-38-40-62-57(43-52)65-53(27-15-31-63(65)69-62)46-21-8-3-9-22-46)60-30-16-32-64-66(60)56-42-48(33-39-61(56)70-64)45-19-6-2-7-20-45/h1-43H. The molecule has 0 spiro atoms. The van der Waals surface area contributed by atoms with Gasteiger partial charge >= 0.3 is 0 Å². The fraction of sp³-hybridized carbons (Fsp3) is 0.0149. The Bertz CT molecular complexity index is 4070. The van der Waals surface area contributed by atoms with Gasteiger partial charge in [-0.05, 0) is 133 Å². The SMILES string of the molecule is c1ccc(-c2cccc(C3(c4ccc(N(c5ccc6oc7cccc(-c8ccccc8)c7c6c5)c5cccc6oc7ccc(-c8ccccc8)cc7c56)cc4)c4ccccc4-c4ccccc43)c2)cc1. The molecule has 1 aliphatic carbocycles. The Morgan fingerprint density at radius 3 is 1.46 bits per heavy atom. The van der Waals surface area contributed by atoms with E-state index >= 15 is 0 Å². The van der Waals surface area contributed by atoms with Gasteiger partial charge < -0.3 is 13.7 Å². The summed E-state index contributed by atoms with van der Waals surface area (Å²) >= 11 is 0. The topological polar surface area (TPSA) is 29.5 Å². The molecule has 328 valence electrons. The predicted molar refractivity (Wildman–Crippen MR) is 289 cm³/mol. The lowest BCUT2D eigenvalue weighted by Crippen LogP contribution is -2.28. The first-order valence-corrected chi connectivity index (χ1v) is 24.0. The predicted octanol–water partition coefficient (Wildman–Crippen LogP) is 18.3.